The maximum atomic E-state index is 12.1. The second kappa shape index (κ2) is 6.00. The topological polar surface area (TPSA) is 64.9 Å². The highest BCUT2D eigenvalue weighted by molar-refractivity contribution is 6.31. The van der Waals surface area contributed by atoms with E-state index in [9.17, 15) is 8.78 Å². The van der Waals surface area contributed by atoms with Gasteiger partial charge in [-0.25, -0.2) is 13.8 Å². The average molecular weight is 304 g/mol. The number of alkyl halides is 2. The summed E-state index contributed by atoms with van der Waals surface area (Å²) < 4.78 is 30.7. The molecule has 0 unspecified atom stereocenters. The fourth-order valence-electron chi connectivity index (χ4n) is 1.40. The lowest BCUT2D eigenvalue weighted by Crippen LogP contribution is -2.09. The van der Waals surface area contributed by atoms with Gasteiger partial charge in [-0.2, -0.15) is 10.1 Å². The highest BCUT2D eigenvalue weighted by atomic mass is 35.5. The van der Waals surface area contributed by atoms with Gasteiger partial charge < -0.3 is 10.1 Å². The minimum atomic E-state index is -2.60. The van der Waals surface area contributed by atoms with Crippen molar-refractivity contribution in [3.8, 4) is 5.88 Å². The zero-order valence-electron chi connectivity index (χ0n) is 10.8. The van der Waals surface area contributed by atoms with Gasteiger partial charge in [0.2, 0.25) is 11.8 Å². The fourth-order valence-corrected chi connectivity index (χ4v) is 1.54. The zero-order chi connectivity index (χ0) is 14.7. The van der Waals surface area contributed by atoms with E-state index in [1.165, 1.54) is 6.20 Å². The van der Waals surface area contributed by atoms with Crippen LogP contribution in [0.1, 0.15) is 5.69 Å². The molecule has 0 spiro atoms. The van der Waals surface area contributed by atoms with Crippen molar-refractivity contribution in [2.45, 2.75) is 13.3 Å². The number of aromatic nitrogens is 4. The van der Waals surface area contributed by atoms with Crippen molar-refractivity contribution in [1.82, 2.24) is 19.7 Å². The quantitative estimate of drug-likeness (QED) is 0.919. The Morgan fingerprint density at radius 3 is 2.80 bits per heavy atom. The molecule has 2 aromatic heterocycles. The van der Waals surface area contributed by atoms with Gasteiger partial charge in [-0.05, 0) is 6.92 Å². The van der Waals surface area contributed by atoms with Gasteiger partial charge >= 0.3 is 0 Å². The van der Waals surface area contributed by atoms with Gasteiger partial charge in [0.1, 0.15) is 5.02 Å². The zero-order valence-corrected chi connectivity index (χ0v) is 11.5. The molecule has 0 saturated carbocycles. The minimum absolute atomic E-state index is 0.0686. The smallest absolute Gasteiger partial charge is 0.272 e. The lowest BCUT2D eigenvalue weighted by molar-refractivity contribution is 0.0796. The molecule has 108 valence electrons. The van der Waals surface area contributed by atoms with Crippen LogP contribution < -0.4 is 10.1 Å². The van der Waals surface area contributed by atoms with Crippen LogP contribution in [0, 0.1) is 6.92 Å². The predicted octanol–water partition coefficient (Wildman–Crippen LogP) is 2.56. The number of hydrogen-bond donors (Lipinski definition) is 1. The van der Waals surface area contributed by atoms with Crippen molar-refractivity contribution < 1.29 is 13.5 Å². The van der Waals surface area contributed by atoms with Crippen LogP contribution in [0.2, 0.25) is 5.02 Å². The molecule has 0 aromatic carbocycles. The molecule has 0 aliphatic heterocycles. The predicted molar refractivity (Wildman–Crippen MR) is 69.8 cm³/mol. The number of rotatable bonds is 5. The van der Waals surface area contributed by atoms with Crippen molar-refractivity contribution in [3.05, 3.63) is 23.1 Å². The molecule has 20 heavy (non-hydrogen) atoms. The van der Waals surface area contributed by atoms with E-state index >= 15 is 0 Å². The first kappa shape index (κ1) is 14.4. The molecular weight excluding hydrogens is 292 g/mol. The third-order valence-electron chi connectivity index (χ3n) is 2.54. The molecular formula is C11H12ClF2N5O. The summed E-state index contributed by atoms with van der Waals surface area (Å²) >= 11 is 5.78. The van der Waals surface area contributed by atoms with Crippen LogP contribution in [0.4, 0.5) is 20.4 Å². The van der Waals surface area contributed by atoms with Crippen LogP contribution in [0.5, 0.6) is 5.88 Å². The summed E-state index contributed by atoms with van der Waals surface area (Å²) in [6, 6.07) is 0. The number of nitrogens with zero attached hydrogens (tertiary/aromatic N) is 4. The van der Waals surface area contributed by atoms with E-state index in [0.717, 1.165) is 5.69 Å². The maximum Gasteiger partial charge on any atom is 0.272 e. The Hall–Kier alpha value is -1.96. The number of halogens is 3. The Morgan fingerprint density at radius 2 is 2.20 bits per heavy atom. The number of ether oxygens (including phenoxy) is 1. The standard InChI is InChI=1S/C11H12ClF2N5O/c1-6-8(4-16-19(6)2)17-11-15-3-7(12)10(18-11)20-5-9(13)14/h3-4,9H,5H2,1-2H3,(H,15,17,18). The van der Waals surface area contributed by atoms with Gasteiger partial charge in [0.25, 0.3) is 6.43 Å². The van der Waals surface area contributed by atoms with Crippen LogP contribution in [-0.2, 0) is 7.05 Å². The summed E-state index contributed by atoms with van der Waals surface area (Å²) in [6.07, 6.45) is 0.286. The second-order valence-electron chi connectivity index (χ2n) is 3.94. The molecule has 2 heterocycles. The highest BCUT2D eigenvalue weighted by Gasteiger charge is 2.11. The van der Waals surface area contributed by atoms with Gasteiger partial charge in [0.15, 0.2) is 6.61 Å². The Kier molecular flexibility index (Phi) is 4.33. The van der Waals surface area contributed by atoms with Crippen molar-refractivity contribution in [3.63, 3.8) is 0 Å². The summed E-state index contributed by atoms with van der Waals surface area (Å²) in [5, 5.41) is 7.04. The molecule has 0 radical (unpaired) electrons. The second-order valence-corrected chi connectivity index (χ2v) is 4.35. The SMILES string of the molecule is Cc1c(Nc2ncc(Cl)c(OCC(F)F)n2)cnn1C. The average Bonchev–Trinajstić information content (AvgIpc) is 2.71. The molecule has 0 fully saturated rings. The van der Waals surface area contributed by atoms with Crippen molar-refractivity contribution in [1.29, 1.82) is 0 Å². The first-order valence-electron chi connectivity index (χ1n) is 5.66. The van der Waals surface area contributed by atoms with E-state index in [4.69, 9.17) is 16.3 Å². The molecule has 1 N–H and O–H groups in total. The molecule has 6 nitrogen and oxygen atoms in total. The summed E-state index contributed by atoms with van der Waals surface area (Å²) in [7, 11) is 1.79. The number of anilines is 2. The summed E-state index contributed by atoms with van der Waals surface area (Å²) in [5.74, 6) is 0.0979. The van der Waals surface area contributed by atoms with Crippen LogP contribution in [-0.4, -0.2) is 32.8 Å². The van der Waals surface area contributed by atoms with Crippen molar-refractivity contribution >= 4 is 23.2 Å². The van der Waals surface area contributed by atoms with Crippen LogP contribution >= 0.6 is 11.6 Å². The van der Waals surface area contributed by atoms with Crippen molar-refractivity contribution in [2.75, 3.05) is 11.9 Å². The van der Waals surface area contributed by atoms with E-state index in [1.54, 1.807) is 17.9 Å². The lowest BCUT2D eigenvalue weighted by atomic mass is 10.4. The van der Waals surface area contributed by atoms with E-state index in [2.05, 4.69) is 20.4 Å². The Bertz CT molecular complexity index is 604. The van der Waals surface area contributed by atoms with Gasteiger partial charge in [-0.15, -0.1) is 0 Å². The Balaban J connectivity index is 2.16. The van der Waals surface area contributed by atoms with Crippen LogP contribution in [0.25, 0.3) is 0 Å². The first-order valence-corrected chi connectivity index (χ1v) is 6.04. The first-order chi connectivity index (χ1) is 9.47. The highest BCUT2D eigenvalue weighted by Crippen LogP contribution is 2.24. The van der Waals surface area contributed by atoms with Gasteiger partial charge in [-0.3, -0.25) is 4.68 Å². The van der Waals surface area contributed by atoms with Gasteiger partial charge in [0.05, 0.1) is 23.8 Å². The molecule has 2 rings (SSSR count). The molecule has 9 heteroatoms. The van der Waals surface area contributed by atoms with Crippen molar-refractivity contribution in [2.24, 2.45) is 7.05 Å². The largest absolute Gasteiger partial charge is 0.470 e. The Labute approximate surface area is 118 Å². The molecule has 0 amide bonds. The normalized spacial score (nSPS) is 10.9. The number of hydrogen-bond acceptors (Lipinski definition) is 5. The summed E-state index contributed by atoms with van der Waals surface area (Å²) in [6.45, 7) is 1.08. The Morgan fingerprint density at radius 1 is 1.45 bits per heavy atom. The number of nitrogens with one attached hydrogen (secondary N) is 1. The van der Waals surface area contributed by atoms with Crippen LogP contribution in [0.3, 0.4) is 0 Å². The van der Waals surface area contributed by atoms with Gasteiger partial charge in [-0.1, -0.05) is 11.6 Å². The third kappa shape index (κ3) is 3.32. The molecule has 0 bridgehead atoms. The molecule has 2 aromatic rings. The van der Waals surface area contributed by atoms with E-state index in [0.29, 0.717) is 5.69 Å². The molecule has 0 atom stereocenters. The minimum Gasteiger partial charge on any atom is -0.470 e. The fraction of sp³-hybridized carbons (Fsp3) is 0.364. The van der Waals surface area contributed by atoms with E-state index in [1.807, 2.05) is 6.92 Å². The van der Waals surface area contributed by atoms with Gasteiger partial charge in [0, 0.05) is 7.05 Å². The summed E-state index contributed by atoms with van der Waals surface area (Å²) in [4.78, 5) is 7.90. The third-order valence-corrected chi connectivity index (χ3v) is 2.80. The molecule has 0 saturated heterocycles. The lowest BCUT2D eigenvalue weighted by Gasteiger charge is -2.08. The number of aryl methyl sites for hydroxylation is 1. The molecule has 0 aliphatic rings. The monoisotopic (exact) mass is 303 g/mol. The maximum absolute atomic E-state index is 12.1. The summed E-state index contributed by atoms with van der Waals surface area (Å²) in [5.41, 5.74) is 1.58. The van der Waals surface area contributed by atoms with Crippen LogP contribution in [0.15, 0.2) is 12.4 Å². The van der Waals surface area contributed by atoms with E-state index in [-0.39, 0.29) is 16.9 Å². The van der Waals surface area contributed by atoms with E-state index < -0.39 is 13.0 Å². The molecule has 0 aliphatic carbocycles.